The van der Waals surface area contributed by atoms with Crippen LogP contribution in [0.4, 0.5) is 0 Å². The Morgan fingerprint density at radius 1 is 1.44 bits per heavy atom. The van der Waals surface area contributed by atoms with Gasteiger partial charge in [-0.15, -0.1) is 0 Å². The maximum atomic E-state index is 11.8. The van der Waals surface area contributed by atoms with Gasteiger partial charge in [0.1, 0.15) is 5.76 Å². The molecule has 1 saturated carbocycles. The molecule has 0 saturated heterocycles. The Morgan fingerprint density at radius 3 is 2.61 bits per heavy atom. The molecule has 1 aliphatic carbocycles. The largest absolute Gasteiger partial charge is 0.452 e. The lowest BCUT2D eigenvalue weighted by Gasteiger charge is -2.32. The summed E-state index contributed by atoms with van der Waals surface area (Å²) in [5, 5.41) is 3.37. The van der Waals surface area contributed by atoms with Gasteiger partial charge < -0.3 is 10.2 Å². The molecule has 0 aliphatic heterocycles. The number of hydrogen-bond donors (Lipinski definition) is 2. The number of amides is 1. The first-order valence-corrected chi connectivity index (χ1v) is 7.15. The van der Waals surface area contributed by atoms with Gasteiger partial charge in [0, 0.05) is 6.04 Å². The lowest BCUT2D eigenvalue weighted by Crippen LogP contribution is -2.54. The molecule has 18 heavy (non-hydrogen) atoms. The Bertz CT molecular complexity index is 426. The van der Waals surface area contributed by atoms with Gasteiger partial charge in [-0.1, -0.05) is 19.3 Å². The first-order valence-electron chi connectivity index (χ1n) is 6.36. The molecule has 5 heteroatoms. The normalized spacial score (nSPS) is 20.6. The standard InChI is InChI=1S/C13H19BrN2O2/c1-13(12(15)17,10-7-8-11(14)18-10)16-9-5-3-2-4-6-9/h7-9,16H,2-6H2,1H3,(H2,15,17). The second-order valence-electron chi connectivity index (χ2n) is 5.07. The minimum atomic E-state index is -0.936. The minimum absolute atomic E-state index is 0.333. The monoisotopic (exact) mass is 314 g/mol. The summed E-state index contributed by atoms with van der Waals surface area (Å²) in [5.41, 5.74) is 4.62. The van der Waals surface area contributed by atoms with Crippen molar-refractivity contribution in [3.63, 3.8) is 0 Å². The molecule has 1 amide bonds. The van der Waals surface area contributed by atoms with Crippen LogP contribution in [0, 0.1) is 0 Å². The topological polar surface area (TPSA) is 68.3 Å². The number of carbonyl (C=O) groups excluding carboxylic acids is 1. The van der Waals surface area contributed by atoms with Crippen molar-refractivity contribution in [3.05, 3.63) is 22.6 Å². The van der Waals surface area contributed by atoms with E-state index < -0.39 is 11.4 Å². The van der Waals surface area contributed by atoms with Crippen molar-refractivity contribution in [1.29, 1.82) is 0 Å². The Balaban J connectivity index is 2.18. The van der Waals surface area contributed by atoms with E-state index in [4.69, 9.17) is 10.2 Å². The van der Waals surface area contributed by atoms with Crippen molar-refractivity contribution >= 4 is 21.8 Å². The van der Waals surface area contributed by atoms with E-state index in [1.54, 1.807) is 19.1 Å². The highest BCUT2D eigenvalue weighted by Crippen LogP contribution is 2.28. The zero-order chi connectivity index (χ0) is 13.2. The molecular formula is C13H19BrN2O2. The molecule has 0 radical (unpaired) electrons. The zero-order valence-electron chi connectivity index (χ0n) is 10.5. The summed E-state index contributed by atoms with van der Waals surface area (Å²) in [5.74, 6) is 0.155. The molecular weight excluding hydrogens is 296 g/mol. The fourth-order valence-corrected chi connectivity index (χ4v) is 2.81. The summed E-state index contributed by atoms with van der Waals surface area (Å²) in [6.45, 7) is 1.79. The zero-order valence-corrected chi connectivity index (χ0v) is 12.1. The third kappa shape index (κ3) is 2.78. The number of primary amides is 1. The number of rotatable bonds is 4. The van der Waals surface area contributed by atoms with Crippen LogP contribution < -0.4 is 11.1 Å². The molecule has 1 aliphatic rings. The van der Waals surface area contributed by atoms with E-state index in [1.165, 1.54) is 19.3 Å². The molecule has 1 heterocycles. The third-order valence-corrected chi connectivity index (χ3v) is 4.08. The number of hydrogen-bond acceptors (Lipinski definition) is 3. The highest BCUT2D eigenvalue weighted by molar-refractivity contribution is 9.10. The molecule has 2 rings (SSSR count). The van der Waals surface area contributed by atoms with E-state index in [0.717, 1.165) is 12.8 Å². The smallest absolute Gasteiger partial charge is 0.245 e. The van der Waals surface area contributed by atoms with Crippen LogP contribution in [0.3, 0.4) is 0 Å². The summed E-state index contributed by atoms with van der Waals surface area (Å²) in [6, 6.07) is 3.89. The van der Waals surface area contributed by atoms with Gasteiger partial charge in [0.15, 0.2) is 10.2 Å². The van der Waals surface area contributed by atoms with Crippen molar-refractivity contribution < 1.29 is 9.21 Å². The summed E-state index contributed by atoms with van der Waals surface area (Å²) in [4.78, 5) is 11.8. The number of nitrogens with two attached hydrogens (primary N) is 1. The Hall–Kier alpha value is -0.810. The predicted molar refractivity (Wildman–Crippen MR) is 73.0 cm³/mol. The highest BCUT2D eigenvalue weighted by atomic mass is 79.9. The molecule has 1 aromatic rings. The van der Waals surface area contributed by atoms with Gasteiger partial charge in [-0.2, -0.15) is 0 Å². The molecule has 100 valence electrons. The number of furan rings is 1. The van der Waals surface area contributed by atoms with E-state index in [9.17, 15) is 4.79 Å². The predicted octanol–water partition coefficient (Wildman–Crippen LogP) is 2.66. The van der Waals surface area contributed by atoms with Crippen LogP contribution in [-0.2, 0) is 10.3 Å². The highest BCUT2D eigenvalue weighted by Gasteiger charge is 2.38. The van der Waals surface area contributed by atoms with Crippen LogP contribution in [0.15, 0.2) is 21.2 Å². The Morgan fingerprint density at radius 2 is 2.11 bits per heavy atom. The van der Waals surface area contributed by atoms with E-state index in [0.29, 0.717) is 16.5 Å². The van der Waals surface area contributed by atoms with Crippen LogP contribution in [0.1, 0.15) is 44.8 Å². The van der Waals surface area contributed by atoms with Gasteiger partial charge in [0.25, 0.3) is 0 Å². The molecule has 4 nitrogen and oxygen atoms in total. The number of halogens is 1. The quantitative estimate of drug-likeness (QED) is 0.897. The Kier molecular flexibility index (Phi) is 4.12. The van der Waals surface area contributed by atoms with Crippen molar-refractivity contribution in [3.8, 4) is 0 Å². The van der Waals surface area contributed by atoms with Crippen molar-refractivity contribution in [2.45, 2.75) is 50.6 Å². The lowest BCUT2D eigenvalue weighted by atomic mass is 9.90. The van der Waals surface area contributed by atoms with Gasteiger partial charge in [-0.25, -0.2) is 0 Å². The van der Waals surface area contributed by atoms with Crippen LogP contribution in [0.5, 0.6) is 0 Å². The molecule has 1 atom stereocenters. The van der Waals surface area contributed by atoms with E-state index in [1.807, 2.05) is 0 Å². The van der Waals surface area contributed by atoms with E-state index >= 15 is 0 Å². The van der Waals surface area contributed by atoms with Crippen molar-refractivity contribution in [2.24, 2.45) is 5.73 Å². The third-order valence-electron chi connectivity index (χ3n) is 3.66. The molecule has 1 fully saturated rings. The molecule has 0 spiro atoms. The Labute approximate surface area is 115 Å². The molecule has 1 aromatic heterocycles. The van der Waals surface area contributed by atoms with Crippen LogP contribution in [-0.4, -0.2) is 11.9 Å². The first-order chi connectivity index (χ1) is 8.52. The summed E-state index contributed by atoms with van der Waals surface area (Å²) < 4.78 is 6.11. The summed E-state index contributed by atoms with van der Waals surface area (Å²) in [7, 11) is 0. The first kappa shape index (κ1) is 13.6. The van der Waals surface area contributed by atoms with Crippen molar-refractivity contribution in [1.82, 2.24) is 5.32 Å². The molecule has 0 bridgehead atoms. The fourth-order valence-electron chi connectivity index (χ4n) is 2.50. The maximum absolute atomic E-state index is 11.8. The van der Waals surface area contributed by atoms with Crippen molar-refractivity contribution in [2.75, 3.05) is 0 Å². The van der Waals surface area contributed by atoms with E-state index in [-0.39, 0.29) is 0 Å². The van der Waals surface area contributed by atoms with Gasteiger partial charge >= 0.3 is 0 Å². The molecule has 3 N–H and O–H groups in total. The second kappa shape index (κ2) is 5.45. The average Bonchev–Trinajstić information content (AvgIpc) is 2.77. The van der Waals surface area contributed by atoms with Gasteiger partial charge in [-0.3, -0.25) is 10.1 Å². The number of carbonyl (C=O) groups is 1. The average molecular weight is 315 g/mol. The second-order valence-corrected chi connectivity index (χ2v) is 5.85. The van der Waals surface area contributed by atoms with Crippen LogP contribution in [0.2, 0.25) is 0 Å². The van der Waals surface area contributed by atoms with Crippen LogP contribution >= 0.6 is 15.9 Å². The minimum Gasteiger partial charge on any atom is -0.452 e. The lowest BCUT2D eigenvalue weighted by molar-refractivity contribution is -0.125. The maximum Gasteiger partial charge on any atom is 0.245 e. The molecule has 1 unspecified atom stereocenters. The number of nitrogens with one attached hydrogen (secondary N) is 1. The fraction of sp³-hybridized carbons (Fsp3) is 0.615. The molecule has 0 aromatic carbocycles. The van der Waals surface area contributed by atoms with Crippen LogP contribution in [0.25, 0.3) is 0 Å². The summed E-state index contributed by atoms with van der Waals surface area (Å²) >= 11 is 3.25. The van der Waals surface area contributed by atoms with Gasteiger partial charge in [-0.05, 0) is 47.8 Å². The van der Waals surface area contributed by atoms with Gasteiger partial charge in [0.05, 0.1) is 0 Å². The van der Waals surface area contributed by atoms with E-state index in [2.05, 4.69) is 21.2 Å². The SMILES string of the molecule is CC(NC1CCCCC1)(C(N)=O)c1ccc(Br)o1. The summed E-state index contributed by atoms with van der Waals surface area (Å²) in [6.07, 6.45) is 5.86. The van der Waals surface area contributed by atoms with Gasteiger partial charge in [0.2, 0.25) is 5.91 Å².